The largest absolute Gasteiger partial charge is 0.573 e. The molecule has 0 aliphatic carbocycles. The minimum atomic E-state index is -4.74. The van der Waals surface area contributed by atoms with Crippen LogP contribution in [-0.2, 0) is 5.54 Å². The Labute approximate surface area is 167 Å². The molecule has 3 nitrogen and oxygen atoms in total. The number of fused-ring (bicyclic) bond motifs is 1. The van der Waals surface area contributed by atoms with Crippen molar-refractivity contribution in [3.8, 4) is 5.75 Å². The predicted octanol–water partition coefficient (Wildman–Crippen LogP) is 5.36. The molecule has 0 spiro atoms. The van der Waals surface area contributed by atoms with E-state index in [0.717, 1.165) is 21.2 Å². The Morgan fingerprint density at radius 2 is 1.61 bits per heavy atom. The smallest absolute Gasteiger partial charge is 0.406 e. The summed E-state index contributed by atoms with van der Waals surface area (Å²) < 4.78 is 42.4. The summed E-state index contributed by atoms with van der Waals surface area (Å²) in [6.45, 7) is 0. The second-order valence-corrected chi connectivity index (χ2v) is 7.25. The molecule has 0 bridgehead atoms. The third kappa shape index (κ3) is 3.16. The fraction of sp³-hybridized carbons (Fsp3) is 0.0952. The number of nitrogens with zero attached hydrogens (tertiary/aromatic N) is 1. The van der Waals surface area contributed by atoms with E-state index in [1.54, 1.807) is 12.1 Å². The molecule has 28 heavy (non-hydrogen) atoms. The number of rotatable bonds is 3. The lowest BCUT2D eigenvalue weighted by atomic mass is 9.77. The van der Waals surface area contributed by atoms with Crippen LogP contribution >= 0.6 is 15.9 Å². The van der Waals surface area contributed by atoms with Crippen molar-refractivity contribution in [2.45, 2.75) is 11.9 Å². The first-order chi connectivity index (χ1) is 13.3. The third-order valence-electron chi connectivity index (χ3n) is 4.63. The first kappa shape index (κ1) is 18.6. The van der Waals surface area contributed by atoms with E-state index in [1.165, 1.54) is 12.1 Å². The van der Waals surface area contributed by atoms with E-state index in [-0.39, 0.29) is 5.75 Å². The van der Waals surface area contributed by atoms with E-state index in [4.69, 9.17) is 10.7 Å². The lowest BCUT2D eigenvalue weighted by molar-refractivity contribution is -0.274. The Balaban J connectivity index is 1.92. The minimum absolute atomic E-state index is 0.288. The van der Waals surface area contributed by atoms with Crippen molar-refractivity contribution in [2.24, 2.45) is 10.7 Å². The first-order valence-electron chi connectivity index (χ1n) is 8.37. The quantitative estimate of drug-likeness (QED) is 0.588. The second kappa shape index (κ2) is 6.67. The Morgan fingerprint density at radius 3 is 2.29 bits per heavy atom. The molecule has 4 rings (SSSR count). The zero-order valence-electron chi connectivity index (χ0n) is 14.4. The van der Waals surface area contributed by atoms with Gasteiger partial charge >= 0.3 is 6.36 Å². The van der Waals surface area contributed by atoms with E-state index in [2.05, 4.69) is 20.7 Å². The number of ether oxygens (including phenoxy) is 1. The van der Waals surface area contributed by atoms with Crippen LogP contribution in [0.15, 0.2) is 82.3 Å². The van der Waals surface area contributed by atoms with Crippen molar-refractivity contribution < 1.29 is 17.9 Å². The first-order valence-corrected chi connectivity index (χ1v) is 9.16. The molecule has 0 saturated carbocycles. The molecule has 7 heteroatoms. The standard InChI is InChI=1S/C21H14BrF3N2O/c22-15-5-3-4-14(12-15)20(18-7-2-1-6-17(18)19(26)27-20)13-8-10-16(11-9-13)28-21(23,24)25/h1-12H,(H2,26,27). The molecule has 0 aromatic heterocycles. The van der Waals surface area contributed by atoms with Gasteiger partial charge in [-0.2, -0.15) is 0 Å². The van der Waals surface area contributed by atoms with E-state index >= 15 is 0 Å². The molecule has 0 amide bonds. The minimum Gasteiger partial charge on any atom is -0.406 e. The van der Waals surface area contributed by atoms with Crippen molar-refractivity contribution in [2.75, 3.05) is 0 Å². The van der Waals surface area contributed by atoms with Crippen LogP contribution in [0.2, 0.25) is 0 Å². The number of hydrogen-bond acceptors (Lipinski definition) is 3. The van der Waals surface area contributed by atoms with Gasteiger partial charge in [0.15, 0.2) is 0 Å². The zero-order valence-corrected chi connectivity index (χ0v) is 16.0. The van der Waals surface area contributed by atoms with Gasteiger partial charge in [-0.1, -0.05) is 64.5 Å². The van der Waals surface area contributed by atoms with Crippen LogP contribution < -0.4 is 10.5 Å². The van der Waals surface area contributed by atoms with Gasteiger partial charge in [0.2, 0.25) is 0 Å². The molecular weight excluding hydrogens is 433 g/mol. The average Bonchev–Trinajstić information content (AvgIpc) is 2.95. The summed E-state index contributed by atoms with van der Waals surface area (Å²) in [6.07, 6.45) is -4.74. The highest BCUT2D eigenvalue weighted by atomic mass is 79.9. The number of alkyl halides is 3. The number of hydrogen-bond donors (Lipinski definition) is 1. The summed E-state index contributed by atoms with van der Waals surface area (Å²) in [5.41, 5.74) is 8.46. The molecule has 2 N–H and O–H groups in total. The number of amidine groups is 1. The van der Waals surface area contributed by atoms with Gasteiger partial charge in [-0.05, 0) is 41.0 Å². The predicted molar refractivity (Wildman–Crippen MR) is 104 cm³/mol. The van der Waals surface area contributed by atoms with Crippen LogP contribution in [0.4, 0.5) is 13.2 Å². The molecule has 0 saturated heterocycles. The molecular formula is C21H14BrF3N2O. The average molecular weight is 447 g/mol. The van der Waals surface area contributed by atoms with Gasteiger partial charge in [0, 0.05) is 10.0 Å². The summed E-state index contributed by atoms with van der Waals surface area (Å²) in [6, 6.07) is 20.9. The molecule has 142 valence electrons. The van der Waals surface area contributed by atoms with E-state index in [9.17, 15) is 13.2 Å². The van der Waals surface area contributed by atoms with Crippen molar-refractivity contribution in [3.63, 3.8) is 0 Å². The molecule has 1 atom stereocenters. The summed E-state index contributed by atoms with van der Waals surface area (Å²) in [5, 5.41) is 0. The lowest BCUT2D eigenvalue weighted by Gasteiger charge is -2.29. The second-order valence-electron chi connectivity index (χ2n) is 6.34. The number of halogens is 4. The summed E-state index contributed by atoms with van der Waals surface area (Å²) >= 11 is 3.48. The maximum atomic E-state index is 12.5. The normalized spacial score (nSPS) is 18.5. The highest BCUT2D eigenvalue weighted by Crippen LogP contribution is 2.46. The molecule has 1 aliphatic rings. The van der Waals surface area contributed by atoms with Crippen molar-refractivity contribution in [3.05, 3.63) is 99.5 Å². The summed E-state index contributed by atoms with van der Waals surface area (Å²) in [5.74, 6) is 0.0927. The molecule has 0 radical (unpaired) electrons. The maximum Gasteiger partial charge on any atom is 0.573 e. The molecule has 1 unspecified atom stereocenters. The monoisotopic (exact) mass is 446 g/mol. The Bertz CT molecular complexity index is 1060. The maximum absolute atomic E-state index is 12.5. The molecule has 1 heterocycles. The van der Waals surface area contributed by atoms with Crippen LogP contribution in [0.25, 0.3) is 0 Å². The van der Waals surface area contributed by atoms with E-state index in [0.29, 0.717) is 11.4 Å². The van der Waals surface area contributed by atoms with Gasteiger partial charge < -0.3 is 10.5 Å². The Hall–Kier alpha value is -2.80. The van der Waals surface area contributed by atoms with Gasteiger partial charge in [-0.15, -0.1) is 13.2 Å². The van der Waals surface area contributed by atoms with Crippen LogP contribution in [0.3, 0.4) is 0 Å². The van der Waals surface area contributed by atoms with Crippen molar-refractivity contribution >= 4 is 21.8 Å². The number of nitrogens with two attached hydrogens (primary N) is 1. The Kier molecular flexibility index (Phi) is 4.42. The highest BCUT2D eigenvalue weighted by Gasteiger charge is 2.43. The summed E-state index contributed by atoms with van der Waals surface area (Å²) in [4.78, 5) is 4.78. The molecule has 3 aromatic rings. The molecule has 0 fully saturated rings. The van der Waals surface area contributed by atoms with E-state index < -0.39 is 11.9 Å². The fourth-order valence-electron chi connectivity index (χ4n) is 3.54. The topological polar surface area (TPSA) is 47.6 Å². The van der Waals surface area contributed by atoms with Crippen molar-refractivity contribution in [1.82, 2.24) is 0 Å². The van der Waals surface area contributed by atoms with Gasteiger partial charge in [-0.25, -0.2) is 4.99 Å². The lowest BCUT2D eigenvalue weighted by Crippen LogP contribution is -2.25. The van der Waals surface area contributed by atoms with Gasteiger partial charge in [-0.3, -0.25) is 0 Å². The van der Waals surface area contributed by atoms with Gasteiger partial charge in [0.1, 0.15) is 17.1 Å². The van der Waals surface area contributed by atoms with Gasteiger partial charge in [0.25, 0.3) is 0 Å². The molecule has 3 aromatic carbocycles. The van der Waals surface area contributed by atoms with Crippen LogP contribution in [0.5, 0.6) is 5.75 Å². The number of benzene rings is 3. The third-order valence-corrected chi connectivity index (χ3v) is 5.12. The van der Waals surface area contributed by atoms with Crippen LogP contribution in [0.1, 0.15) is 22.3 Å². The van der Waals surface area contributed by atoms with Crippen LogP contribution in [0, 0.1) is 0 Å². The molecule has 1 aliphatic heterocycles. The SMILES string of the molecule is NC1=NC(c2ccc(OC(F)(F)F)cc2)(c2cccc(Br)c2)c2ccccc21. The van der Waals surface area contributed by atoms with E-state index in [1.807, 2.05) is 48.5 Å². The Morgan fingerprint density at radius 1 is 0.893 bits per heavy atom. The fourth-order valence-corrected chi connectivity index (χ4v) is 3.94. The summed E-state index contributed by atoms with van der Waals surface area (Å²) in [7, 11) is 0. The van der Waals surface area contributed by atoms with Gasteiger partial charge in [0.05, 0.1) is 0 Å². The van der Waals surface area contributed by atoms with Crippen molar-refractivity contribution in [1.29, 1.82) is 0 Å². The van der Waals surface area contributed by atoms with Crippen LogP contribution in [-0.4, -0.2) is 12.2 Å². The number of aliphatic imine (C=N–C) groups is 1. The zero-order chi connectivity index (χ0) is 19.9. The highest BCUT2D eigenvalue weighted by molar-refractivity contribution is 9.10.